The third kappa shape index (κ3) is 2.94. The summed E-state index contributed by atoms with van der Waals surface area (Å²) in [6.07, 6.45) is 4.94. The van der Waals surface area contributed by atoms with Gasteiger partial charge in [0, 0.05) is 6.54 Å². The SMILES string of the molecule is CC(C)CC1NCN(CCC2CC2)C1=O. The molecule has 3 heteroatoms. The highest BCUT2D eigenvalue weighted by atomic mass is 16.2. The number of carbonyl (C=O) groups is 1. The van der Waals surface area contributed by atoms with Gasteiger partial charge >= 0.3 is 0 Å². The van der Waals surface area contributed by atoms with Crippen LogP contribution in [0.15, 0.2) is 0 Å². The normalized spacial score (nSPS) is 26.7. The van der Waals surface area contributed by atoms with Crippen molar-refractivity contribution >= 4 is 5.91 Å². The molecule has 0 aromatic rings. The first-order valence-corrected chi connectivity index (χ1v) is 6.19. The fourth-order valence-electron chi connectivity index (χ4n) is 2.20. The minimum absolute atomic E-state index is 0.0872. The van der Waals surface area contributed by atoms with Gasteiger partial charge in [-0.15, -0.1) is 0 Å². The van der Waals surface area contributed by atoms with Crippen LogP contribution in [0.2, 0.25) is 0 Å². The molecule has 1 unspecified atom stereocenters. The van der Waals surface area contributed by atoms with Crippen molar-refractivity contribution in [1.82, 2.24) is 10.2 Å². The molecule has 0 radical (unpaired) electrons. The molecule has 1 saturated heterocycles. The van der Waals surface area contributed by atoms with E-state index < -0.39 is 0 Å². The van der Waals surface area contributed by atoms with Crippen molar-refractivity contribution in [3.8, 4) is 0 Å². The zero-order chi connectivity index (χ0) is 10.8. The predicted octanol–water partition coefficient (Wildman–Crippen LogP) is 1.59. The molecule has 0 spiro atoms. The average Bonchev–Trinajstić information content (AvgIpc) is 2.93. The van der Waals surface area contributed by atoms with E-state index in [0.717, 1.165) is 25.6 Å². The molecule has 0 bridgehead atoms. The smallest absolute Gasteiger partial charge is 0.240 e. The Morgan fingerprint density at radius 2 is 2.20 bits per heavy atom. The predicted molar refractivity (Wildman–Crippen MR) is 60.3 cm³/mol. The van der Waals surface area contributed by atoms with Crippen LogP contribution in [0.4, 0.5) is 0 Å². The number of nitrogens with one attached hydrogen (secondary N) is 1. The van der Waals surface area contributed by atoms with Gasteiger partial charge in [-0.3, -0.25) is 10.1 Å². The second-order valence-corrected chi connectivity index (χ2v) is 5.38. The number of hydrogen-bond acceptors (Lipinski definition) is 2. The molecule has 86 valence electrons. The largest absolute Gasteiger partial charge is 0.329 e. The summed E-state index contributed by atoms with van der Waals surface area (Å²) in [6, 6.07) is 0.0872. The first-order chi connectivity index (χ1) is 7.16. The first-order valence-electron chi connectivity index (χ1n) is 6.19. The lowest BCUT2D eigenvalue weighted by Crippen LogP contribution is -2.32. The Balaban J connectivity index is 1.75. The molecule has 1 aliphatic heterocycles. The molecular formula is C12H22N2O. The van der Waals surface area contributed by atoms with Gasteiger partial charge in [-0.25, -0.2) is 0 Å². The van der Waals surface area contributed by atoms with Crippen LogP contribution in [0.1, 0.15) is 39.5 Å². The van der Waals surface area contributed by atoms with Crippen molar-refractivity contribution < 1.29 is 4.79 Å². The Bertz CT molecular complexity index is 236. The van der Waals surface area contributed by atoms with E-state index in [0.29, 0.717) is 11.8 Å². The van der Waals surface area contributed by atoms with Crippen LogP contribution < -0.4 is 5.32 Å². The topological polar surface area (TPSA) is 32.3 Å². The summed E-state index contributed by atoms with van der Waals surface area (Å²) >= 11 is 0. The van der Waals surface area contributed by atoms with Crippen LogP contribution >= 0.6 is 0 Å². The molecule has 1 heterocycles. The van der Waals surface area contributed by atoms with Crippen LogP contribution in [0.5, 0.6) is 0 Å². The van der Waals surface area contributed by atoms with E-state index in [1.807, 2.05) is 4.90 Å². The molecule has 1 amide bonds. The Morgan fingerprint density at radius 3 is 2.80 bits per heavy atom. The number of rotatable bonds is 5. The number of hydrogen-bond donors (Lipinski definition) is 1. The Hall–Kier alpha value is -0.570. The molecule has 15 heavy (non-hydrogen) atoms. The van der Waals surface area contributed by atoms with Crippen LogP contribution in [-0.4, -0.2) is 30.1 Å². The molecule has 2 aliphatic rings. The van der Waals surface area contributed by atoms with E-state index in [2.05, 4.69) is 19.2 Å². The van der Waals surface area contributed by atoms with Crippen molar-refractivity contribution in [2.24, 2.45) is 11.8 Å². The van der Waals surface area contributed by atoms with Crippen molar-refractivity contribution in [2.45, 2.75) is 45.6 Å². The molecule has 1 N–H and O–H groups in total. The van der Waals surface area contributed by atoms with Crippen LogP contribution in [0.25, 0.3) is 0 Å². The third-order valence-corrected chi connectivity index (χ3v) is 3.35. The van der Waals surface area contributed by atoms with Gasteiger partial charge in [-0.05, 0) is 24.7 Å². The fourth-order valence-corrected chi connectivity index (χ4v) is 2.20. The average molecular weight is 210 g/mol. The van der Waals surface area contributed by atoms with Crippen molar-refractivity contribution in [2.75, 3.05) is 13.2 Å². The zero-order valence-corrected chi connectivity index (χ0v) is 9.83. The van der Waals surface area contributed by atoms with Gasteiger partial charge in [-0.2, -0.15) is 0 Å². The van der Waals surface area contributed by atoms with Gasteiger partial charge in [0.15, 0.2) is 0 Å². The second kappa shape index (κ2) is 4.52. The van der Waals surface area contributed by atoms with E-state index in [1.54, 1.807) is 0 Å². The van der Waals surface area contributed by atoms with Gasteiger partial charge in [0.1, 0.15) is 0 Å². The van der Waals surface area contributed by atoms with Crippen molar-refractivity contribution in [3.05, 3.63) is 0 Å². The summed E-state index contributed by atoms with van der Waals surface area (Å²) in [6.45, 7) is 6.07. The molecule has 2 rings (SSSR count). The summed E-state index contributed by atoms with van der Waals surface area (Å²) in [5, 5.41) is 3.31. The van der Waals surface area contributed by atoms with Gasteiger partial charge in [-0.1, -0.05) is 26.7 Å². The first kappa shape index (κ1) is 10.9. The minimum atomic E-state index is 0.0872. The van der Waals surface area contributed by atoms with E-state index in [1.165, 1.54) is 19.3 Å². The van der Waals surface area contributed by atoms with E-state index >= 15 is 0 Å². The highest BCUT2D eigenvalue weighted by molar-refractivity contribution is 5.83. The summed E-state index contributed by atoms with van der Waals surface area (Å²) in [5.74, 6) is 1.83. The minimum Gasteiger partial charge on any atom is -0.329 e. The maximum Gasteiger partial charge on any atom is 0.240 e. The summed E-state index contributed by atoms with van der Waals surface area (Å²) in [5.41, 5.74) is 0. The lowest BCUT2D eigenvalue weighted by Gasteiger charge is -2.15. The zero-order valence-electron chi connectivity index (χ0n) is 9.83. The Labute approximate surface area is 92.2 Å². The Kier molecular flexibility index (Phi) is 3.29. The molecular weight excluding hydrogens is 188 g/mol. The maximum absolute atomic E-state index is 11.9. The third-order valence-electron chi connectivity index (χ3n) is 3.35. The summed E-state index contributed by atoms with van der Waals surface area (Å²) in [4.78, 5) is 13.9. The standard InChI is InChI=1S/C12H22N2O/c1-9(2)7-11-12(15)14(8-13-11)6-5-10-3-4-10/h9-11,13H,3-8H2,1-2H3. The van der Waals surface area contributed by atoms with Crippen LogP contribution in [-0.2, 0) is 4.79 Å². The second-order valence-electron chi connectivity index (χ2n) is 5.38. The van der Waals surface area contributed by atoms with Crippen molar-refractivity contribution in [1.29, 1.82) is 0 Å². The number of nitrogens with zero attached hydrogens (tertiary/aromatic N) is 1. The molecule has 3 nitrogen and oxygen atoms in total. The summed E-state index contributed by atoms with van der Waals surface area (Å²) in [7, 11) is 0. The van der Waals surface area contributed by atoms with Gasteiger partial charge in [0.25, 0.3) is 0 Å². The summed E-state index contributed by atoms with van der Waals surface area (Å²) < 4.78 is 0. The maximum atomic E-state index is 11.9. The molecule has 0 aromatic heterocycles. The van der Waals surface area contributed by atoms with Crippen molar-refractivity contribution in [3.63, 3.8) is 0 Å². The van der Waals surface area contributed by atoms with Gasteiger partial charge < -0.3 is 4.90 Å². The Morgan fingerprint density at radius 1 is 1.47 bits per heavy atom. The fraction of sp³-hybridized carbons (Fsp3) is 0.917. The monoisotopic (exact) mass is 210 g/mol. The number of amides is 1. The molecule has 1 saturated carbocycles. The van der Waals surface area contributed by atoms with E-state index in [4.69, 9.17) is 0 Å². The quantitative estimate of drug-likeness (QED) is 0.747. The molecule has 1 aliphatic carbocycles. The molecule has 2 fully saturated rings. The molecule has 0 aromatic carbocycles. The van der Waals surface area contributed by atoms with Crippen LogP contribution in [0, 0.1) is 11.8 Å². The highest BCUT2D eigenvalue weighted by Gasteiger charge is 2.32. The lowest BCUT2D eigenvalue weighted by atomic mass is 10.0. The van der Waals surface area contributed by atoms with E-state index in [9.17, 15) is 4.79 Å². The van der Waals surface area contributed by atoms with Crippen LogP contribution in [0.3, 0.4) is 0 Å². The molecule has 1 atom stereocenters. The van der Waals surface area contributed by atoms with Gasteiger partial charge in [0.2, 0.25) is 5.91 Å². The lowest BCUT2D eigenvalue weighted by molar-refractivity contribution is -0.129. The van der Waals surface area contributed by atoms with E-state index in [-0.39, 0.29) is 6.04 Å². The van der Waals surface area contributed by atoms with Gasteiger partial charge in [0.05, 0.1) is 12.7 Å². The number of carbonyl (C=O) groups excluding carboxylic acids is 1. The highest BCUT2D eigenvalue weighted by Crippen LogP contribution is 2.32.